The molecule has 5 heteroatoms. The molecule has 0 aliphatic rings. The smallest absolute Gasteiger partial charge is 0.254 e. The van der Waals surface area contributed by atoms with Crippen LogP contribution in [0.25, 0.3) is 5.78 Å². The molecular formula is C10H15N5. The number of hydrogen-bond acceptors (Lipinski definition) is 4. The van der Waals surface area contributed by atoms with Gasteiger partial charge in [0.15, 0.2) is 0 Å². The van der Waals surface area contributed by atoms with Crippen LogP contribution < -0.4 is 5.73 Å². The number of nitrogens with zero attached hydrogens (tertiary/aromatic N) is 4. The van der Waals surface area contributed by atoms with Crippen molar-refractivity contribution in [2.75, 3.05) is 6.54 Å². The zero-order chi connectivity index (χ0) is 10.5. The van der Waals surface area contributed by atoms with Crippen molar-refractivity contribution in [3.8, 4) is 0 Å². The average Bonchev–Trinajstić information content (AvgIpc) is 2.68. The maximum atomic E-state index is 5.44. The number of fused-ring (bicyclic) bond motifs is 1. The molecule has 0 amide bonds. The summed E-state index contributed by atoms with van der Waals surface area (Å²) in [6.45, 7) is 0.766. The van der Waals surface area contributed by atoms with E-state index < -0.39 is 0 Å². The second-order valence-corrected chi connectivity index (χ2v) is 3.51. The predicted octanol–water partition coefficient (Wildman–Crippen LogP) is 0.796. The van der Waals surface area contributed by atoms with Crippen LogP contribution in [-0.2, 0) is 6.42 Å². The minimum Gasteiger partial charge on any atom is -0.330 e. The van der Waals surface area contributed by atoms with Crippen LogP contribution in [0.15, 0.2) is 18.5 Å². The number of rotatable bonds is 5. The van der Waals surface area contributed by atoms with Crippen molar-refractivity contribution in [2.45, 2.75) is 25.7 Å². The molecular weight excluding hydrogens is 190 g/mol. The first-order valence-electron chi connectivity index (χ1n) is 5.26. The normalized spacial score (nSPS) is 11.0. The van der Waals surface area contributed by atoms with Crippen LogP contribution in [0.2, 0.25) is 0 Å². The zero-order valence-electron chi connectivity index (χ0n) is 8.63. The van der Waals surface area contributed by atoms with Crippen LogP contribution in [0.5, 0.6) is 0 Å². The molecule has 0 atom stereocenters. The molecule has 5 nitrogen and oxygen atoms in total. The summed E-state index contributed by atoms with van der Waals surface area (Å²) >= 11 is 0. The molecule has 0 aliphatic carbocycles. The average molecular weight is 205 g/mol. The third-order valence-electron chi connectivity index (χ3n) is 2.36. The molecule has 80 valence electrons. The first-order valence-corrected chi connectivity index (χ1v) is 5.26. The molecule has 0 bridgehead atoms. The molecule has 0 aliphatic heterocycles. The fourth-order valence-electron chi connectivity index (χ4n) is 1.56. The van der Waals surface area contributed by atoms with Gasteiger partial charge in [0.05, 0.1) is 0 Å². The van der Waals surface area contributed by atoms with Gasteiger partial charge < -0.3 is 5.73 Å². The van der Waals surface area contributed by atoms with Gasteiger partial charge in [0.1, 0.15) is 5.82 Å². The molecule has 2 heterocycles. The van der Waals surface area contributed by atoms with E-state index in [1.54, 1.807) is 6.20 Å². The van der Waals surface area contributed by atoms with Gasteiger partial charge in [-0.2, -0.15) is 0 Å². The first-order chi connectivity index (χ1) is 7.42. The highest BCUT2D eigenvalue weighted by molar-refractivity contribution is 5.25. The third kappa shape index (κ3) is 2.30. The van der Waals surface area contributed by atoms with E-state index in [1.807, 2.05) is 16.7 Å². The molecule has 15 heavy (non-hydrogen) atoms. The van der Waals surface area contributed by atoms with E-state index in [4.69, 9.17) is 5.73 Å². The Labute approximate surface area is 88.3 Å². The molecule has 0 spiro atoms. The summed E-state index contributed by atoms with van der Waals surface area (Å²) in [5.74, 6) is 1.65. The molecule has 0 saturated heterocycles. The topological polar surface area (TPSA) is 69.1 Å². The molecule has 0 saturated carbocycles. The van der Waals surface area contributed by atoms with E-state index in [0.717, 1.165) is 38.1 Å². The number of hydrogen-bond donors (Lipinski definition) is 1. The molecule has 0 aromatic carbocycles. The van der Waals surface area contributed by atoms with E-state index in [9.17, 15) is 0 Å². The second kappa shape index (κ2) is 4.84. The number of unbranched alkanes of at least 4 members (excludes halogenated alkanes) is 2. The molecule has 2 aromatic heterocycles. The lowest BCUT2D eigenvalue weighted by Crippen LogP contribution is -1.99. The van der Waals surface area contributed by atoms with Crippen LogP contribution in [-0.4, -0.2) is 26.1 Å². The van der Waals surface area contributed by atoms with Crippen molar-refractivity contribution < 1.29 is 0 Å². The molecule has 0 fully saturated rings. The highest BCUT2D eigenvalue weighted by Crippen LogP contribution is 2.05. The fraction of sp³-hybridized carbons (Fsp3) is 0.500. The van der Waals surface area contributed by atoms with Crippen molar-refractivity contribution in [1.82, 2.24) is 19.6 Å². The minimum atomic E-state index is 0.673. The maximum Gasteiger partial charge on any atom is 0.254 e. The predicted molar refractivity (Wildman–Crippen MR) is 57.4 cm³/mol. The van der Waals surface area contributed by atoms with Gasteiger partial charge in [-0.05, 0) is 25.5 Å². The fourth-order valence-corrected chi connectivity index (χ4v) is 1.56. The Morgan fingerprint density at radius 2 is 2.13 bits per heavy atom. The standard InChI is InChI=1S/C10H15N5/c11-6-3-1-2-5-9-13-14-10-12-7-4-8-15(9)10/h4,7-8H,1-3,5-6,11H2. The lowest BCUT2D eigenvalue weighted by molar-refractivity contribution is 0.665. The lowest BCUT2D eigenvalue weighted by atomic mass is 10.2. The highest BCUT2D eigenvalue weighted by atomic mass is 15.3. The number of nitrogens with two attached hydrogens (primary N) is 1. The van der Waals surface area contributed by atoms with Gasteiger partial charge in [0.25, 0.3) is 5.78 Å². The molecule has 0 radical (unpaired) electrons. The third-order valence-corrected chi connectivity index (χ3v) is 2.36. The zero-order valence-corrected chi connectivity index (χ0v) is 8.63. The largest absolute Gasteiger partial charge is 0.330 e. The lowest BCUT2D eigenvalue weighted by Gasteiger charge is -1.98. The summed E-state index contributed by atoms with van der Waals surface area (Å²) in [5, 5.41) is 8.11. The van der Waals surface area contributed by atoms with Crippen LogP contribution in [0, 0.1) is 0 Å². The maximum absolute atomic E-state index is 5.44. The van der Waals surface area contributed by atoms with Gasteiger partial charge in [-0.25, -0.2) is 4.98 Å². The van der Waals surface area contributed by atoms with Crippen LogP contribution in [0.3, 0.4) is 0 Å². The number of aromatic nitrogens is 4. The summed E-state index contributed by atoms with van der Waals surface area (Å²) in [6.07, 6.45) is 7.93. The Kier molecular flexibility index (Phi) is 3.24. The van der Waals surface area contributed by atoms with Gasteiger partial charge in [0, 0.05) is 18.8 Å². The highest BCUT2D eigenvalue weighted by Gasteiger charge is 2.04. The number of aryl methyl sites for hydroxylation is 1. The SMILES string of the molecule is NCCCCCc1nnc2ncccn12. The second-order valence-electron chi connectivity index (χ2n) is 3.51. The van der Waals surface area contributed by atoms with Crippen molar-refractivity contribution in [3.05, 3.63) is 24.3 Å². The van der Waals surface area contributed by atoms with Crippen molar-refractivity contribution in [1.29, 1.82) is 0 Å². The van der Waals surface area contributed by atoms with E-state index in [0.29, 0.717) is 5.78 Å². The van der Waals surface area contributed by atoms with Gasteiger partial charge in [-0.3, -0.25) is 4.40 Å². The van der Waals surface area contributed by atoms with Gasteiger partial charge in [0.2, 0.25) is 0 Å². The Balaban J connectivity index is 2.02. The Bertz CT molecular complexity index is 422. The summed E-state index contributed by atoms with van der Waals surface area (Å²) in [5.41, 5.74) is 5.44. The summed E-state index contributed by atoms with van der Waals surface area (Å²) in [7, 11) is 0. The van der Waals surface area contributed by atoms with Crippen LogP contribution >= 0.6 is 0 Å². The minimum absolute atomic E-state index is 0.673. The molecule has 2 rings (SSSR count). The van der Waals surface area contributed by atoms with Crippen molar-refractivity contribution in [2.24, 2.45) is 5.73 Å². The Hall–Kier alpha value is -1.49. The van der Waals surface area contributed by atoms with Gasteiger partial charge in [-0.1, -0.05) is 6.42 Å². The van der Waals surface area contributed by atoms with E-state index in [-0.39, 0.29) is 0 Å². The van der Waals surface area contributed by atoms with Crippen LogP contribution in [0.1, 0.15) is 25.1 Å². The first kappa shape index (κ1) is 10.0. The van der Waals surface area contributed by atoms with Crippen molar-refractivity contribution in [3.63, 3.8) is 0 Å². The van der Waals surface area contributed by atoms with Gasteiger partial charge in [-0.15, -0.1) is 10.2 Å². The van der Waals surface area contributed by atoms with Gasteiger partial charge >= 0.3 is 0 Å². The van der Waals surface area contributed by atoms with Crippen molar-refractivity contribution >= 4 is 5.78 Å². The molecule has 0 unspecified atom stereocenters. The van der Waals surface area contributed by atoms with E-state index >= 15 is 0 Å². The monoisotopic (exact) mass is 205 g/mol. The summed E-state index contributed by atoms with van der Waals surface area (Å²) in [6, 6.07) is 1.89. The summed E-state index contributed by atoms with van der Waals surface area (Å²) < 4.78 is 1.93. The quantitative estimate of drug-likeness (QED) is 0.733. The summed E-state index contributed by atoms with van der Waals surface area (Å²) in [4.78, 5) is 4.12. The molecule has 2 aromatic rings. The molecule has 2 N–H and O–H groups in total. The van der Waals surface area contributed by atoms with E-state index in [2.05, 4.69) is 15.2 Å². The Morgan fingerprint density at radius 1 is 1.20 bits per heavy atom. The Morgan fingerprint density at radius 3 is 3.00 bits per heavy atom. The van der Waals surface area contributed by atoms with E-state index in [1.165, 1.54) is 0 Å². The van der Waals surface area contributed by atoms with Crippen LogP contribution in [0.4, 0.5) is 0 Å².